The lowest BCUT2D eigenvalue weighted by atomic mass is 9.84. The first-order valence-electron chi connectivity index (χ1n) is 9.73. The molecule has 0 aromatic heterocycles. The maximum absolute atomic E-state index is 12.2. The minimum atomic E-state index is -5.08. The van der Waals surface area contributed by atoms with E-state index in [2.05, 4.69) is 0 Å². The van der Waals surface area contributed by atoms with Gasteiger partial charge in [-0.15, -0.1) is 0 Å². The lowest BCUT2D eigenvalue weighted by Gasteiger charge is -2.31. The van der Waals surface area contributed by atoms with Gasteiger partial charge >= 0.3 is 11.9 Å². The molecule has 2 aromatic rings. The Kier molecular flexibility index (Phi) is 5.68. The molecule has 8 N–H and O–H groups in total. The van der Waals surface area contributed by atoms with Gasteiger partial charge in [-0.25, -0.2) is 9.59 Å². The van der Waals surface area contributed by atoms with E-state index in [0.29, 0.717) is 0 Å². The summed E-state index contributed by atoms with van der Waals surface area (Å²) >= 11 is 0. The van der Waals surface area contributed by atoms with E-state index < -0.39 is 70.4 Å². The van der Waals surface area contributed by atoms with Crippen LogP contribution in [0, 0.1) is 0 Å². The molecule has 1 aliphatic heterocycles. The molecule has 1 heterocycles. The van der Waals surface area contributed by atoms with Gasteiger partial charge in [-0.3, -0.25) is 9.11 Å². The van der Waals surface area contributed by atoms with Gasteiger partial charge in [-0.05, 0) is 36.2 Å². The first-order valence-corrected chi connectivity index (χ1v) is 12.6. The van der Waals surface area contributed by atoms with Crippen LogP contribution < -0.4 is 16.2 Å². The summed E-state index contributed by atoms with van der Waals surface area (Å²) in [5.41, 5.74) is 9.38. The predicted octanol–water partition coefficient (Wildman–Crippen LogP) is 1.45. The first kappa shape index (κ1) is 24.9. The molecule has 2 aromatic carbocycles. The van der Waals surface area contributed by atoms with Gasteiger partial charge in [0.15, 0.2) is 21.3 Å². The summed E-state index contributed by atoms with van der Waals surface area (Å²) in [5, 5.41) is 19.1. The van der Waals surface area contributed by atoms with E-state index in [1.54, 1.807) is 0 Å². The van der Waals surface area contributed by atoms with Crippen LogP contribution >= 0.6 is 0 Å². The fraction of sp³-hybridized carbons (Fsp3) is 0.0476. The van der Waals surface area contributed by atoms with Crippen LogP contribution in [0.25, 0.3) is 5.57 Å². The number of hydrogen-bond donors (Lipinski definition) is 6. The molecule has 0 atom stereocenters. The number of carboxylic acids is 2. The fourth-order valence-corrected chi connectivity index (χ4v) is 5.57. The van der Waals surface area contributed by atoms with E-state index in [0.717, 1.165) is 24.3 Å². The molecule has 0 saturated heterocycles. The Morgan fingerprint density at radius 1 is 0.889 bits per heavy atom. The Balaban J connectivity index is 2.24. The zero-order valence-electron chi connectivity index (χ0n) is 17.8. The van der Waals surface area contributed by atoms with Gasteiger partial charge in [0.1, 0.15) is 0 Å². The average Bonchev–Trinajstić information content (AvgIpc) is 2.74. The fourth-order valence-electron chi connectivity index (χ4n) is 4.04. The Morgan fingerprint density at radius 3 is 2.08 bits per heavy atom. The lowest BCUT2D eigenvalue weighted by molar-refractivity contribution is 0.0695. The maximum Gasteiger partial charge on any atom is 0.336 e. The zero-order valence-corrected chi connectivity index (χ0v) is 19.4. The Hall–Kier alpha value is -4.18. The highest BCUT2D eigenvalue weighted by molar-refractivity contribution is 7.90. The van der Waals surface area contributed by atoms with Crippen LogP contribution in [-0.2, 0) is 20.2 Å². The average molecular weight is 536 g/mol. The third-order valence-electron chi connectivity index (χ3n) is 5.47. The molecule has 0 saturated carbocycles. The highest BCUT2D eigenvalue weighted by Crippen LogP contribution is 2.50. The van der Waals surface area contributed by atoms with Gasteiger partial charge in [0.2, 0.25) is 0 Å². The summed E-state index contributed by atoms with van der Waals surface area (Å²) in [4.78, 5) is 21.6. The van der Waals surface area contributed by atoms with Crippen LogP contribution in [0.2, 0.25) is 0 Å². The minimum Gasteiger partial charge on any atom is -0.478 e. The van der Waals surface area contributed by atoms with Crippen LogP contribution in [0.4, 0.5) is 5.69 Å². The highest BCUT2D eigenvalue weighted by Gasteiger charge is 2.39. The van der Waals surface area contributed by atoms with Crippen molar-refractivity contribution in [2.75, 3.05) is 5.73 Å². The zero-order chi connectivity index (χ0) is 26.7. The molecule has 4 rings (SSSR count). The molecular weight excluding hydrogens is 520 g/mol. The summed E-state index contributed by atoms with van der Waals surface area (Å²) in [6.07, 6.45) is 1.06. The number of nitrogen functional groups attached to an aromatic ring is 1. The number of anilines is 1. The van der Waals surface area contributed by atoms with Crippen LogP contribution in [-0.4, -0.2) is 48.1 Å². The normalized spacial score (nSPS) is 15.6. The molecule has 0 radical (unpaired) electrons. The molecule has 36 heavy (non-hydrogen) atoms. The van der Waals surface area contributed by atoms with Crippen molar-refractivity contribution in [3.05, 3.63) is 80.6 Å². The van der Waals surface area contributed by atoms with Crippen LogP contribution in [0.3, 0.4) is 0 Å². The number of aromatic carboxylic acids is 2. The quantitative estimate of drug-likeness (QED) is 0.234. The third kappa shape index (κ3) is 3.99. The van der Waals surface area contributed by atoms with Crippen molar-refractivity contribution < 1.29 is 50.5 Å². The van der Waals surface area contributed by atoms with Gasteiger partial charge in [0.25, 0.3) is 20.2 Å². The number of carboxylic acid groups (broad SMARTS) is 2. The lowest BCUT2D eigenvalue weighted by Crippen LogP contribution is -2.24. The number of rotatable bonds is 5. The van der Waals surface area contributed by atoms with E-state index in [4.69, 9.17) is 16.2 Å². The molecule has 0 unspecified atom stereocenters. The van der Waals surface area contributed by atoms with Crippen molar-refractivity contribution >= 4 is 43.4 Å². The number of benzene rings is 2. The summed E-state index contributed by atoms with van der Waals surface area (Å²) < 4.78 is 73.9. The Morgan fingerprint density at radius 2 is 1.53 bits per heavy atom. The summed E-state index contributed by atoms with van der Waals surface area (Å²) in [7, 11) is -10.1. The molecule has 15 heteroatoms. The van der Waals surface area contributed by atoms with Crippen molar-refractivity contribution in [3.63, 3.8) is 0 Å². The van der Waals surface area contributed by atoms with E-state index in [1.165, 1.54) is 12.1 Å². The second-order valence-electron chi connectivity index (χ2n) is 7.66. The Labute approximate surface area is 203 Å². The number of carbonyl (C=O) groups is 2. The predicted molar refractivity (Wildman–Crippen MR) is 123 cm³/mol. The van der Waals surface area contributed by atoms with E-state index >= 15 is 0 Å². The summed E-state index contributed by atoms with van der Waals surface area (Å²) in [6.45, 7) is 0. The van der Waals surface area contributed by atoms with E-state index in [1.807, 2.05) is 0 Å². The van der Waals surface area contributed by atoms with Gasteiger partial charge in [0, 0.05) is 16.7 Å². The number of fused-ring (bicyclic) bond motifs is 2. The van der Waals surface area contributed by atoms with E-state index in [-0.39, 0.29) is 34.3 Å². The molecular formula is C21H16N2O11S2. The molecule has 1 aliphatic carbocycles. The molecule has 0 spiro atoms. The van der Waals surface area contributed by atoms with Crippen LogP contribution in [0.15, 0.2) is 63.2 Å². The SMILES string of the molecule is NC1=CCC2=C(c3ccc(C(=O)O)cc3C(=O)O)c3ccc(N)c(S(=O)(=O)O)c3OC2=C1S(=O)(=O)O. The number of allylic oxidation sites excluding steroid dienone is 2. The van der Waals surface area contributed by atoms with Crippen molar-refractivity contribution in [3.8, 4) is 5.75 Å². The van der Waals surface area contributed by atoms with Crippen molar-refractivity contribution in [1.29, 1.82) is 0 Å². The van der Waals surface area contributed by atoms with Crippen molar-refractivity contribution in [2.24, 2.45) is 5.73 Å². The molecule has 13 nitrogen and oxygen atoms in total. The van der Waals surface area contributed by atoms with Gasteiger partial charge in [0.05, 0.1) is 22.5 Å². The molecule has 0 fully saturated rings. The van der Waals surface area contributed by atoms with Gasteiger partial charge < -0.3 is 26.4 Å². The van der Waals surface area contributed by atoms with Crippen LogP contribution in [0.5, 0.6) is 5.75 Å². The maximum atomic E-state index is 12.2. The third-order valence-corrected chi connectivity index (χ3v) is 7.34. The van der Waals surface area contributed by atoms with Gasteiger partial charge in [-0.1, -0.05) is 12.1 Å². The minimum absolute atomic E-state index is 0.0130. The monoisotopic (exact) mass is 536 g/mol. The Bertz CT molecular complexity index is 1700. The van der Waals surface area contributed by atoms with Gasteiger partial charge in [-0.2, -0.15) is 16.8 Å². The van der Waals surface area contributed by atoms with Crippen LogP contribution in [0.1, 0.15) is 38.3 Å². The highest BCUT2D eigenvalue weighted by atomic mass is 32.2. The molecule has 0 bridgehead atoms. The smallest absolute Gasteiger partial charge is 0.336 e. The summed E-state index contributed by atoms with van der Waals surface area (Å²) in [6, 6.07) is 5.45. The topological polar surface area (TPSA) is 245 Å². The molecule has 0 amide bonds. The number of ether oxygens (including phenoxy) is 1. The number of hydrogen-bond acceptors (Lipinski definition) is 9. The second kappa shape index (κ2) is 8.20. The van der Waals surface area contributed by atoms with Crippen molar-refractivity contribution in [1.82, 2.24) is 0 Å². The first-order chi connectivity index (χ1) is 16.6. The largest absolute Gasteiger partial charge is 0.478 e. The molecule has 188 valence electrons. The molecule has 2 aliphatic rings. The van der Waals surface area contributed by atoms with E-state index in [9.17, 15) is 45.7 Å². The number of nitrogens with two attached hydrogens (primary N) is 2. The summed E-state index contributed by atoms with van der Waals surface area (Å²) in [5.74, 6) is -4.24. The van der Waals surface area contributed by atoms with Crippen molar-refractivity contribution in [2.45, 2.75) is 11.3 Å². The standard InChI is InChI=1S/C21H16N2O11S2/c22-13-5-3-10-15(9-2-1-8(20(24)25)7-12(9)21(26)27)11-4-6-14(23)19(36(31,32)33)17(11)34-16(10)18(13)35(28,29)30/h1-3,5-7H,4,22-23H2,(H,24,25)(H,26,27)(H,28,29,30)(H,31,32,33). The second-order valence-corrected chi connectivity index (χ2v) is 10.4.